The maximum atomic E-state index is 6.57. The van der Waals surface area contributed by atoms with Gasteiger partial charge in [-0.05, 0) is 19.8 Å². The van der Waals surface area contributed by atoms with Gasteiger partial charge in [-0.3, -0.25) is 0 Å². The topological polar surface area (TPSA) is 0 Å². The van der Waals surface area contributed by atoms with E-state index in [2.05, 4.69) is 6.92 Å². The molecule has 0 radical (unpaired) electrons. The standard InChI is InChI=1S/C16H31Cl/c1-16(17)14-12-10-8-6-4-2-3-5-7-9-11-13-15-16/h2-15H2,1H3. The van der Waals surface area contributed by atoms with Gasteiger partial charge in [0.05, 0.1) is 0 Å². The van der Waals surface area contributed by atoms with Crippen molar-refractivity contribution in [2.45, 2.75) is 102 Å². The first-order chi connectivity index (χ1) is 8.21. The summed E-state index contributed by atoms with van der Waals surface area (Å²) in [4.78, 5) is 0.0835. The summed E-state index contributed by atoms with van der Waals surface area (Å²) in [6, 6.07) is 0. The van der Waals surface area contributed by atoms with Gasteiger partial charge in [0.25, 0.3) is 0 Å². The first-order valence-corrected chi connectivity index (χ1v) is 8.27. The maximum absolute atomic E-state index is 6.57. The highest BCUT2D eigenvalue weighted by molar-refractivity contribution is 6.23. The molecule has 1 fully saturated rings. The molecule has 17 heavy (non-hydrogen) atoms. The van der Waals surface area contributed by atoms with Gasteiger partial charge in [-0.25, -0.2) is 0 Å². The van der Waals surface area contributed by atoms with Gasteiger partial charge in [-0.1, -0.05) is 77.0 Å². The van der Waals surface area contributed by atoms with Gasteiger partial charge in [0.2, 0.25) is 0 Å². The summed E-state index contributed by atoms with van der Waals surface area (Å²) in [6.07, 6.45) is 19.5. The second-order valence-corrected chi connectivity index (χ2v) is 7.07. The largest absolute Gasteiger partial charge is 0.120 e. The Bertz CT molecular complexity index is 156. The van der Waals surface area contributed by atoms with Crippen LogP contribution in [0.25, 0.3) is 0 Å². The molecule has 0 bridgehead atoms. The minimum Gasteiger partial charge on any atom is -0.120 e. The van der Waals surface area contributed by atoms with Crippen LogP contribution in [-0.2, 0) is 0 Å². The molecule has 0 aliphatic heterocycles. The molecule has 0 amide bonds. The Labute approximate surface area is 114 Å². The molecule has 1 heteroatoms. The molecule has 0 aromatic heterocycles. The summed E-state index contributed by atoms with van der Waals surface area (Å²) in [5.41, 5.74) is 0. The van der Waals surface area contributed by atoms with E-state index in [-0.39, 0.29) is 4.87 Å². The molecule has 0 aromatic carbocycles. The first-order valence-electron chi connectivity index (χ1n) is 7.90. The van der Waals surface area contributed by atoms with Gasteiger partial charge in [0, 0.05) is 4.87 Å². The van der Waals surface area contributed by atoms with Crippen LogP contribution in [0.3, 0.4) is 0 Å². The van der Waals surface area contributed by atoms with Crippen LogP contribution >= 0.6 is 11.6 Å². The van der Waals surface area contributed by atoms with E-state index < -0.39 is 0 Å². The van der Waals surface area contributed by atoms with Gasteiger partial charge in [0.1, 0.15) is 0 Å². The van der Waals surface area contributed by atoms with Crippen molar-refractivity contribution in [1.82, 2.24) is 0 Å². The molecule has 1 saturated carbocycles. The Morgan fingerprint density at radius 3 is 1.06 bits per heavy atom. The molecule has 0 heterocycles. The third-order valence-corrected chi connectivity index (χ3v) is 4.52. The minimum absolute atomic E-state index is 0.0835. The highest BCUT2D eigenvalue weighted by Crippen LogP contribution is 2.29. The Hall–Kier alpha value is 0.290. The van der Waals surface area contributed by atoms with Crippen LogP contribution in [0.2, 0.25) is 0 Å². The van der Waals surface area contributed by atoms with Crippen LogP contribution in [-0.4, -0.2) is 4.87 Å². The van der Waals surface area contributed by atoms with E-state index in [1.807, 2.05) is 0 Å². The van der Waals surface area contributed by atoms with Gasteiger partial charge >= 0.3 is 0 Å². The molecule has 0 unspecified atom stereocenters. The van der Waals surface area contributed by atoms with Gasteiger partial charge in [-0.15, -0.1) is 11.6 Å². The highest BCUT2D eigenvalue weighted by atomic mass is 35.5. The number of rotatable bonds is 0. The normalized spacial score (nSPS) is 25.8. The van der Waals surface area contributed by atoms with E-state index in [9.17, 15) is 0 Å². The van der Waals surface area contributed by atoms with E-state index in [4.69, 9.17) is 11.6 Å². The van der Waals surface area contributed by atoms with E-state index in [0.717, 1.165) is 0 Å². The monoisotopic (exact) mass is 258 g/mol. The van der Waals surface area contributed by atoms with E-state index in [0.29, 0.717) is 0 Å². The zero-order valence-electron chi connectivity index (χ0n) is 11.8. The molecule has 0 saturated heterocycles. The van der Waals surface area contributed by atoms with Gasteiger partial charge < -0.3 is 0 Å². The summed E-state index contributed by atoms with van der Waals surface area (Å²) in [5.74, 6) is 0. The zero-order chi connectivity index (χ0) is 12.4. The first kappa shape index (κ1) is 15.3. The third kappa shape index (κ3) is 8.94. The van der Waals surface area contributed by atoms with Crippen LogP contribution in [0.1, 0.15) is 96.8 Å². The van der Waals surface area contributed by atoms with Crippen molar-refractivity contribution in [3.05, 3.63) is 0 Å². The molecule has 1 rings (SSSR count). The van der Waals surface area contributed by atoms with Crippen LogP contribution in [0.15, 0.2) is 0 Å². The summed E-state index contributed by atoms with van der Waals surface area (Å²) < 4.78 is 0. The Balaban J connectivity index is 2.22. The minimum atomic E-state index is 0.0835. The predicted molar refractivity (Wildman–Crippen MR) is 78.9 cm³/mol. The molecule has 1 aliphatic rings. The molecule has 0 nitrogen and oxygen atoms in total. The van der Waals surface area contributed by atoms with Crippen molar-refractivity contribution in [2.24, 2.45) is 0 Å². The average molecular weight is 259 g/mol. The van der Waals surface area contributed by atoms with Gasteiger partial charge in [-0.2, -0.15) is 0 Å². The lowest BCUT2D eigenvalue weighted by Crippen LogP contribution is -2.15. The van der Waals surface area contributed by atoms with Crippen molar-refractivity contribution < 1.29 is 0 Å². The summed E-state index contributed by atoms with van der Waals surface area (Å²) in [6.45, 7) is 2.24. The third-order valence-electron chi connectivity index (χ3n) is 4.15. The average Bonchev–Trinajstić information content (AvgIpc) is 2.29. The zero-order valence-corrected chi connectivity index (χ0v) is 12.5. The van der Waals surface area contributed by atoms with Crippen molar-refractivity contribution in [2.75, 3.05) is 0 Å². The number of hydrogen-bond acceptors (Lipinski definition) is 0. The predicted octanol–water partition coefficient (Wildman–Crippen LogP) is 6.46. The maximum Gasteiger partial charge on any atom is 0.0418 e. The van der Waals surface area contributed by atoms with Crippen molar-refractivity contribution in [1.29, 1.82) is 0 Å². The Kier molecular flexibility index (Phi) is 8.35. The molecular weight excluding hydrogens is 228 g/mol. The van der Waals surface area contributed by atoms with Crippen molar-refractivity contribution >= 4 is 11.6 Å². The SMILES string of the molecule is CC1(Cl)CCCCCCCCCCCCCC1. The fourth-order valence-corrected chi connectivity index (χ4v) is 3.15. The van der Waals surface area contributed by atoms with Crippen LogP contribution in [0, 0.1) is 0 Å². The molecule has 0 N–H and O–H groups in total. The fourth-order valence-electron chi connectivity index (χ4n) is 2.88. The molecule has 0 atom stereocenters. The van der Waals surface area contributed by atoms with Gasteiger partial charge in [0.15, 0.2) is 0 Å². The number of halogens is 1. The van der Waals surface area contributed by atoms with Crippen LogP contribution < -0.4 is 0 Å². The summed E-state index contributed by atoms with van der Waals surface area (Å²) in [5, 5.41) is 0. The van der Waals surface area contributed by atoms with E-state index in [1.165, 1.54) is 89.9 Å². The second kappa shape index (κ2) is 9.25. The molecule has 0 aromatic rings. The van der Waals surface area contributed by atoms with E-state index in [1.54, 1.807) is 0 Å². The second-order valence-electron chi connectivity index (χ2n) is 6.16. The lowest BCUT2D eigenvalue weighted by Gasteiger charge is -2.21. The quantitative estimate of drug-likeness (QED) is 0.438. The smallest absolute Gasteiger partial charge is 0.0418 e. The highest BCUT2D eigenvalue weighted by Gasteiger charge is 2.19. The molecule has 102 valence electrons. The van der Waals surface area contributed by atoms with E-state index >= 15 is 0 Å². The van der Waals surface area contributed by atoms with Crippen molar-refractivity contribution in [3.8, 4) is 0 Å². The molecule has 0 spiro atoms. The molecular formula is C16H31Cl. The van der Waals surface area contributed by atoms with Crippen LogP contribution in [0.5, 0.6) is 0 Å². The van der Waals surface area contributed by atoms with Crippen molar-refractivity contribution in [3.63, 3.8) is 0 Å². The summed E-state index contributed by atoms with van der Waals surface area (Å²) in [7, 11) is 0. The number of alkyl halides is 1. The number of hydrogen-bond donors (Lipinski definition) is 0. The lowest BCUT2D eigenvalue weighted by atomic mass is 9.95. The lowest BCUT2D eigenvalue weighted by molar-refractivity contribution is 0.463. The van der Waals surface area contributed by atoms with Crippen LogP contribution in [0.4, 0.5) is 0 Å². The Morgan fingerprint density at radius 2 is 0.765 bits per heavy atom. The summed E-state index contributed by atoms with van der Waals surface area (Å²) >= 11 is 6.57. The fraction of sp³-hybridized carbons (Fsp3) is 1.00. The molecule has 1 aliphatic carbocycles. The Morgan fingerprint density at radius 1 is 0.529 bits per heavy atom.